The quantitative estimate of drug-likeness (QED) is 0.541. The predicted octanol–water partition coefficient (Wildman–Crippen LogP) is 6.42. The maximum atomic E-state index is 14.4. The summed E-state index contributed by atoms with van der Waals surface area (Å²) in [5.41, 5.74) is 1.14. The van der Waals surface area contributed by atoms with Crippen LogP contribution in [-0.2, 0) is 6.42 Å². The van der Waals surface area contributed by atoms with Crippen LogP contribution < -0.4 is 9.47 Å². The highest BCUT2D eigenvalue weighted by atomic mass is 19.2. The molecular formula is C23H27F3O2. The predicted molar refractivity (Wildman–Crippen MR) is 103 cm³/mol. The highest BCUT2D eigenvalue weighted by Gasteiger charge is 2.25. The standard InChI is InChI=1S/C23H27F3O2/c1-3-28-18-11-12-19(20(24)14-18)16-7-4-15(5-8-16)6-9-17-10-13-21(27-2)23(26)22(17)25/h10-16H,3-9H2,1-2H3. The van der Waals surface area contributed by atoms with Crippen LogP contribution >= 0.6 is 0 Å². The van der Waals surface area contributed by atoms with Gasteiger partial charge in [0.05, 0.1) is 13.7 Å². The zero-order valence-electron chi connectivity index (χ0n) is 16.4. The van der Waals surface area contributed by atoms with Crippen LogP contribution in [0, 0.1) is 23.4 Å². The van der Waals surface area contributed by atoms with Crippen LogP contribution in [0.2, 0.25) is 0 Å². The van der Waals surface area contributed by atoms with Crippen LogP contribution in [0.4, 0.5) is 13.2 Å². The Bertz CT molecular complexity index is 799. The third-order valence-electron chi connectivity index (χ3n) is 5.74. The molecule has 0 aliphatic heterocycles. The number of halogens is 3. The molecule has 1 fully saturated rings. The summed E-state index contributed by atoms with van der Waals surface area (Å²) in [5.74, 6) is -0.789. The second-order valence-electron chi connectivity index (χ2n) is 7.43. The summed E-state index contributed by atoms with van der Waals surface area (Å²) in [6, 6.07) is 8.19. The lowest BCUT2D eigenvalue weighted by Crippen LogP contribution is -2.15. The van der Waals surface area contributed by atoms with E-state index >= 15 is 0 Å². The van der Waals surface area contributed by atoms with Crippen LogP contribution in [0.15, 0.2) is 30.3 Å². The van der Waals surface area contributed by atoms with E-state index in [4.69, 9.17) is 9.47 Å². The number of methoxy groups -OCH3 is 1. The average Bonchev–Trinajstić information content (AvgIpc) is 2.70. The van der Waals surface area contributed by atoms with Crippen molar-refractivity contribution >= 4 is 0 Å². The number of ether oxygens (including phenoxy) is 2. The minimum absolute atomic E-state index is 0.0702. The van der Waals surface area contributed by atoms with Crippen molar-refractivity contribution in [3.63, 3.8) is 0 Å². The molecule has 0 N–H and O–H groups in total. The Morgan fingerprint density at radius 1 is 0.964 bits per heavy atom. The lowest BCUT2D eigenvalue weighted by molar-refractivity contribution is 0.303. The summed E-state index contributed by atoms with van der Waals surface area (Å²) in [7, 11) is 1.32. The van der Waals surface area contributed by atoms with Gasteiger partial charge in [0.1, 0.15) is 11.6 Å². The Hall–Kier alpha value is -2.17. The van der Waals surface area contributed by atoms with Crippen molar-refractivity contribution in [1.82, 2.24) is 0 Å². The lowest BCUT2D eigenvalue weighted by atomic mass is 9.76. The van der Waals surface area contributed by atoms with E-state index in [0.717, 1.165) is 37.7 Å². The van der Waals surface area contributed by atoms with Gasteiger partial charge < -0.3 is 9.47 Å². The second-order valence-corrected chi connectivity index (χ2v) is 7.43. The highest BCUT2D eigenvalue weighted by Crippen LogP contribution is 2.39. The third kappa shape index (κ3) is 4.62. The van der Waals surface area contributed by atoms with Crippen molar-refractivity contribution in [3.8, 4) is 11.5 Å². The molecule has 2 aromatic rings. The van der Waals surface area contributed by atoms with Crippen LogP contribution in [-0.4, -0.2) is 13.7 Å². The molecule has 2 nitrogen and oxygen atoms in total. The fraction of sp³-hybridized carbons (Fsp3) is 0.478. The molecule has 0 aromatic heterocycles. The van der Waals surface area contributed by atoms with Crippen LogP contribution in [0.5, 0.6) is 11.5 Å². The lowest BCUT2D eigenvalue weighted by Gasteiger charge is -2.29. The van der Waals surface area contributed by atoms with E-state index in [-0.39, 0.29) is 17.5 Å². The van der Waals surface area contributed by atoms with Crippen LogP contribution in [0.3, 0.4) is 0 Å². The molecule has 0 spiro atoms. The molecule has 5 heteroatoms. The van der Waals surface area contributed by atoms with Gasteiger partial charge in [-0.2, -0.15) is 4.39 Å². The first-order valence-electron chi connectivity index (χ1n) is 9.96. The third-order valence-corrected chi connectivity index (χ3v) is 5.74. The molecule has 2 aromatic carbocycles. The van der Waals surface area contributed by atoms with Gasteiger partial charge in [-0.15, -0.1) is 0 Å². The topological polar surface area (TPSA) is 18.5 Å². The Labute approximate surface area is 164 Å². The summed E-state index contributed by atoms with van der Waals surface area (Å²) in [6.45, 7) is 2.39. The molecule has 1 aliphatic carbocycles. The molecule has 0 unspecified atom stereocenters. The fourth-order valence-electron chi connectivity index (χ4n) is 4.14. The van der Waals surface area contributed by atoms with Gasteiger partial charge in [-0.25, -0.2) is 8.78 Å². The van der Waals surface area contributed by atoms with Crippen molar-refractivity contribution < 1.29 is 22.6 Å². The molecule has 1 aliphatic rings. The number of benzene rings is 2. The summed E-state index contributed by atoms with van der Waals surface area (Å²) in [6.07, 6.45) is 5.07. The van der Waals surface area contributed by atoms with E-state index in [0.29, 0.717) is 30.3 Å². The first-order valence-corrected chi connectivity index (χ1v) is 9.96. The molecule has 0 atom stereocenters. The van der Waals surface area contributed by atoms with Gasteiger partial charge in [0.15, 0.2) is 11.6 Å². The van der Waals surface area contributed by atoms with Crippen molar-refractivity contribution in [1.29, 1.82) is 0 Å². The average molecular weight is 392 g/mol. The van der Waals surface area contributed by atoms with E-state index < -0.39 is 11.6 Å². The second kappa shape index (κ2) is 9.35. The van der Waals surface area contributed by atoms with Gasteiger partial charge >= 0.3 is 0 Å². The fourth-order valence-corrected chi connectivity index (χ4v) is 4.14. The number of rotatable bonds is 7. The summed E-state index contributed by atoms with van der Waals surface area (Å²) >= 11 is 0. The Morgan fingerprint density at radius 3 is 2.36 bits per heavy atom. The molecule has 0 amide bonds. The summed E-state index contributed by atoms with van der Waals surface area (Å²) in [5, 5.41) is 0. The normalized spacial score (nSPS) is 19.5. The molecule has 1 saturated carbocycles. The first-order chi connectivity index (χ1) is 13.5. The molecule has 28 heavy (non-hydrogen) atoms. The van der Waals surface area contributed by atoms with E-state index in [1.165, 1.54) is 19.2 Å². The molecular weight excluding hydrogens is 365 g/mol. The molecule has 0 heterocycles. The maximum Gasteiger partial charge on any atom is 0.200 e. The highest BCUT2D eigenvalue weighted by molar-refractivity contribution is 5.32. The van der Waals surface area contributed by atoms with Crippen molar-refractivity contribution in [2.45, 2.75) is 51.4 Å². The molecule has 3 rings (SSSR count). The Morgan fingerprint density at radius 2 is 1.71 bits per heavy atom. The monoisotopic (exact) mass is 392 g/mol. The zero-order valence-corrected chi connectivity index (χ0v) is 16.4. The van der Waals surface area contributed by atoms with Crippen LogP contribution in [0.1, 0.15) is 56.1 Å². The summed E-state index contributed by atoms with van der Waals surface area (Å²) in [4.78, 5) is 0. The largest absolute Gasteiger partial charge is 0.494 e. The van der Waals surface area contributed by atoms with Gasteiger partial charge in [0.2, 0.25) is 5.82 Å². The SMILES string of the molecule is CCOc1ccc(C2CCC(CCc3ccc(OC)c(F)c3F)CC2)c(F)c1. The van der Waals surface area contributed by atoms with E-state index in [2.05, 4.69) is 0 Å². The minimum atomic E-state index is -0.922. The van der Waals surface area contributed by atoms with Crippen molar-refractivity contribution in [2.75, 3.05) is 13.7 Å². The Balaban J connectivity index is 1.54. The smallest absolute Gasteiger partial charge is 0.200 e. The van der Waals surface area contributed by atoms with Crippen molar-refractivity contribution in [3.05, 3.63) is 58.9 Å². The van der Waals surface area contributed by atoms with Gasteiger partial charge in [0, 0.05) is 6.07 Å². The Kier molecular flexibility index (Phi) is 6.87. The summed E-state index contributed by atoms with van der Waals surface area (Å²) < 4.78 is 52.5. The minimum Gasteiger partial charge on any atom is -0.494 e. The van der Waals surface area contributed by atoms with E-state index in [9.17, 15) is 13.2 Å². The maximum absolute atomic E-state index is 14.4. The first kappa shape index (κ1) is 20.6. The van der Waals surface area contributed by atoms with Gasteiger partial charge in [0.25, 0.3) is 0 Å². The van der Waals surface area contributed by atoms with Gasteiger partial charge in [-0.05, 0) is 80.5 Å². The number of aryl methyl sites for hydroxylation is 1. The van der Waals surface area contributed by atoms with E-state index in [1.54, 1.807) is 6.07 Å². The zero-order chi connectivity index (χ0) is 20.1. The van der Waals surface area contributed by atoms with Crippen molar-refractivity contribution in [2.24, 2.45) is 5.92 Å². The molecule has 0 saturated heterocycles. The molecule has 0 bridgehead atoms. The number of hydrogen-bond donors (Lipinski definition) is 0. The number of hydrogen-bond acceptors (Lipinski definition) is 2. The molecule has 0 radical (unpaired) electrons. The molecule has 152 valence electrons. The van der Waals surface area contributed by atoms with Crippen LogP contribution in [0.25, 0.3) is 0 Å². The van der Waals surface area contributed by atoms with Gasteiger partial charge in [-0.1, -0.05) is 12.1 Å². The van der Waals surface area contributed by atoms with Gasteiger partial charge in [-0.3, -0.25) is 0 Å². The van der Waals surface area contributed by atoms with E-state index in [1.807, 2.05) is 19.1 Å².